The Hall–Kier alpha value is -1.61. The molecule has 1 aliphatic rings. The average molecular weight is 346 g/mol. The Morgan fingerprint density at radius 1 is 1.10 bits per heavy atom. The molecule has 110 valence electrons. The topological polar surface area (TPSA) is 29.1 Å². The Morgan fingerprint density at radius 3 is 2.43 bits per heavy atom. The van der Waals surface area contributed by atoms with Crippen molar-refractivity contribution in [2.75, 3.05) is 5.32 Å². The van der Waals surface area contributed by atoms with Crippen molar-refractivity contribution in [3.8, 4) is 0 Å². The highest BCUT2D eigenvalue weighted by Crippen LogP contribution is 2.41. The van der Waals surface area contributed by atoms with Crippen LogP contribution < -0.4 is 5.32 Å². The highest BCUT2D eigenvalue weighted by atomic mass is 79.9. The van der Waals surface area contributed by atoms with E-state index in [1.54, 1.807) is 0 Å². The maximum atomic E-state index is 12.3. The molecule has 0 aliphatic carbocycles. The van der Waals surface area contributed by atoms with Crippen LogP contribution in [0.5, 0.6) is 0 Å². The highest BCUT2D eigenvalue weighted by molar-refractivity contribution is 9.10. The molecule has 0 radical (unpaired) electrons. The molecule has 1 N–H and O–H groups in total. The van der Waals surface area contributed by atoms with E-state index < -0.39 is 5.41 Å². The largest absolute Gasteiger partial charge is 0.325 e. The lowest BCUT2D eigenvalue weighted by atomic mass is 9.78. The van der Waals surface area contributed by atoms with Crippen LogP contribution >= 0.6 is 15.9 Å². The summed E-state index contributed by atoms with van der Waals surface area (Å²) in [5, 5.41) is 2.98. The number of amides is 1. The third-order valence-electron chi connectivity index (χ3n) is 3.73. The molecule has 2 nitrogen and oxygen atoms in total. The number of hydrogen-bond acceptors (Lipinski definition) is 1. The molecular formula is C18H20BrNO. The summed E-state index contributed by atoms with van der Waals surface area (Å²) in [6, 6.07) is 16.1. The Bertz CT molecular complexity index is 639. The summed E-state index contributed by atoms with van der Waals surface area (Å²) in [6.07, 6.45) is 0.711. The molecule has 0 saturated carbocycles. The van der Waals surface area contributed by atoms with Crippen LogP contribution in [0.2, 0.25) is 0 Å². The van der Waals surface area contributed by atoms with Crippen LogP contribution in [0.4, 0.5) is 5.69 Å². The fraction of sp³-hybridized carbons (Fsp3) is 0.278. The predicted octanol–water partition coefficient (Wildman–Crippen LogP) is 4.93. The van der Waals surface area contributed by atoms with Crippen LogP contribution in [0.1, 0.15) is 31.9 Å². The average Bonchev–Trinajstić information content (AvgIpc) is 2.74. The maximum Gasteiger partial charge on any atom is 0.235 e. The van der Waals surface area contributed by atoms with Crippen LogP contribution in [0.3, 0.4) is 0 Å². The van der Waals surface area contributed by atoms with Crippen molar-refractivity contribution in [2.24, 2.45) is 0 Å². The molecule has 3 heteroatoms. The van der Waals surface area contributed by atoms with Gasteiger partial charge in [0, 0.05) is 10.2 Å². The quantitative estimate of drug-likeness (QED) is 0.821. The predicted molar refractivity (Wildman–Crippen MR) is 91.6 cm³/mol. The molecule has 1 heterocycles. The molecule has 21 heavy (non-hydrogen) atoms. The lowest BCUT2D eigenvalue weighted by Gasteiger charge is -2.22. The summed E-state index contributed by atoms with van der Waals surface area (Å²) >= 11 is 3.48. The first-order valence-corrected chi connectivity index (χ1v) is 8.04. The fourth-order valence-electron chi connectivity index (χ4n) is 2.64. The van der Waals surface area contributed by atoms with Crippen molar-refractivity contribution >= 4 is 27.5 Å². The van der Waals surface area contributed by atoms with Crippen LogP contribution in [-0.2, 0) is 16.6 Å². The van der Waals surface area contributed by atoms with Gasteiger partial charge in [0.15, 0.2) is 0 Å². The number of benzene rings is 2. The van der Waals surface area contributed by atoms with Gasteiger partial charge in [-0.1, -0.05) is 60.1 Å². The summed E-state index contributed by atoms with van der Waals surface area (Å²) in [7, 11) is 0. The Labute approximate surface area is 134 Å². The first kappa shape index (κ1) is 15.8. The van der Waals surface area contributed by atoms with Crippen molar-refractivity contribution in [2.45, 2.75) is 32.6 Å². The van der Waals surface area contributed by atoms with E-state index in [9.17, 15) is 4.79 Å². The van der Waals surface area contributed by atoms with Crippen molar-refractivity contribution in [3.63, 3.8) is 0 Å². The number of carbonyl (C=O) groups is 1. The van der Waals surface area contributed by atoms with E-state index in [0.717, 1.165) is 15.7 Å². The molecule has 2 aromatic carbocycles. The molecule has 1 aliphatic heterocycles. The van der Waals surface area contributed by atoms with Gasteiger partial charge < -0.3 is 5.32 Å². The minimum absolute atomic E-state index is 0.0736. The van der Waals surface area contributed by atoms with Gasteiger partial charge in [-0.3, -0.25) is 4.79 Å². The standard InChI is InChI=1S/C16H14BrNO.C2H6/c1-16(10-11-5-3-2-4-6-11)13-9-12(17)7-8-14(13)18-15(16)19;1-2/h2-9H,10H2,1H3,(H,18,19);1-2H3. The lowest BCUT2D eigenvalue weighted by molar-refractivity contribution is -0.120. The zero-order valence-electron chi connectivity index (χ0n) is 12.6. The van der Waals surface area contributed by atoms with Crippen molar-refractivity contribution in [1.82, 2.24) is 0 Å². The molecule has 0 saturated heterocycles. The number of carbonyl (C=O) groups excluding carboxylic acids is 1. The molecule has 0 spiro atoms. The van der Waals surface area contributed by atoms with Crippen molar-refractivity contribution < 1.29 is 4.79 Å². The van der Waals surface area contributed by atoms with Gasteiger partial charge in [-0.05, 0) is 42.7 Å². The van der Waals surface area contributed by atoms with E-state index in [1.165, 1.54) is 5.56 Å². The smallest absolute Gasteiger partial charge is 0.235 e. The third kappa shape index (κ3) is 3.03. The third-order valence-corrected chi connectivity index (χ3v) is 4.22. The fourth-order valence-corrected chi connectivity index (χ4v) is 3.01. The summed E-state index contributed by atoms with van der Waals surface area (Å²) in [5.41, 5.74) is 2.66. The second-order valence-corrected chi connectivity index (χ2v) is 6.05. The summed E-state index contributed by atoms with van der Waals surface area (Å²) in [4.78, 5) is 12.3. The van der Waals surface area contributed by atoms with E-state index in [2.05, 4.69) is 33.4 Å². The van der Waals surface area contributed by atoms with E-state index in [1.807, 2.05) is 57.2 Å². The van der Waals surface area contributed by atoms with Gasteiger partial charge in [0.1, 0.15) is 0 Å². The number of fused-ring (bicyclic) bond motifs is 1. The number of halogens is 1. The summed E-state index contributed by atoms with van der Waals surface area (Å²) in [5.74, 6) is 0.0736. The molecule has 0 aromatic heterocycles. The van der Waals surface area contributed by atoms with Crippen LogP contribution in [0.15, 0.2) is 53.0 Å². The van der Waals surface area contributed by atoms with Crippen LogP contribution in [0, 0.1) is 0 Å². The van der Waals surface area contributed by atoms with E-state index >= 15 is 0 Å². The molecule has 1 amide bonds. The zero-order valence-corrected chi connectivity index (χ0v) is 14.2. The zero-order chi connectivity index (χ0) is 15.5. The molecule has 2 aromatic rings. The van der Waals surface area contributed by atoms with E-state index in [4.69, 9.17) is 0 Å². The Morgan fingerprint density at radius 2 is 1.76 bits per heavy atom. The highest BCUT2D eigenvalue weighted by Gasteiger charge is 2.42. The Kier molecular flexibility index (Phi) is 4.84. The number of nitrogens with one attached hydrogen (secondary N) is 1. The summed E-state index contributed by atoms with van der Waals surface area (Å²) < 4.78 is 1.00. The van der Waals surface area contributed by atoms with Crippen molar-refractivity contribution in [3.05, 3.63) is 64.1 Å². The van der Waals surface area contributed by atoms with Gasteiger partial charge in [-0.25, -0.2) is 0 Å². The number of hydrogen-bond donors (Lipinski definition) is 1. The minimum atomic E-state index is -0.500. The van der Waals surface area contributed by atoms with Crippen LogP contribution in [-0.4, -0.2) is 5.91 Å². The van der Waals surface area contributed by atoms with Crippen molar-refractivity contribution in [1.29, 1.82) is 0 Å². The lowest BCUT2D eigenvalue weighted by Crippen LogP contribution is -2.33. The van der Waals surface area contributed by atoms with Gasteiger partial charge in [-0.2, -0.15) is 0 Å². The second kappa shape index (κ2) is 6.44. The molecule has 3 rings (SSSR count). The van der Waals surface area contributed by atoms with Gasteiger partial charge in [0.25, 0.3) is 0 Å². The van der Waals surface area contributed by atoms with Gasteiger partial charge in [0.2, 0.25) is 5.91 Å². The monoisotopic (exact) mass is 345 g/mol. The number of anilines is 1. The first-order valence-electron chi connectivity index (χ1n) is 7.25. The summed E-state index contributed by atoms with van der Waals surface area (Å²) in [6.45, 7) is 6.01. The molecular weight excluding hydrogens is 326 g/mol. The second-order valence-electron chi connectivity index (χ2n) is 5.14. The van der Waals surface area contributed by atoms with E-state index in [0.29, 0.717) is 6.42 Å². The molecule has 1 atom stereocenters. The maximum absolute atomic E-state index is 12.3. The Balaban J connectivity index is 0.000000774. The SMILES string of the molecule is CC.CC1(Cc2ccccc2)C(=O)Nc2ccc(Br)cc21. The molecule has 0 fully saturated rings. The van der Waals surface area contributed by atoms with Gasteiger partial charge >= 0.3 is 0 Å². The van der Waals surface area contributed by atoms with Gasteiger partial charge in [0.05, 0.1) is 5.41 Å². The van der Waals surface area contributed by atoms with Gasteiger partial charge in [-0.15, -0.1) is 0 Å². The normalized spacial score (nSPS) is 19.3. The molecule has 1 unspecified atom stereocenters. The van der Waals surface area contributed by atoms with E-state index in [-0.39, 0.29) is 5.91 Å². The van der Waals surface area contributed by atoms with Crippen LogP contribution in [0.25, 0.3) is 0 Å². The first-order chi connectivity index (χ1) is 10.1. The molecule has 0 bridgehead atoms. The minimum Gasteiger partial charge on any atom is -0.325 e. The number of rotatable bonds is 2.